The molecule has 0 bridgehead atoms. The van der Waals surface area contributed by atoms with Crippen LogP contribution in [0.3, 0.4) is 0 Å². The van der Waals surface area contributed by atoms with Crippen molar-refractivity contribution in [2.24, 2.45) is 5.73 Å². The van der Waals surface area contributed by atoms with Gasteiger partial charge in [0.05, 0.1) is 6.33 Å². The molecule has 2 aliphatic heterocycles. The van der Waals surface area contributed by atoms with Crippen LogP contribution >= 0.6 is 0 Å². The number of aromatic nitrogens is 4. The van der Waals surface area contributed by atoms with Crippen molar-refractivity contribution in [3.63, 3.8) is 0 Å². The zero-order valence-electron chi connectivity index (χ0n) is 28.3. The number of nitrogens with two attached hydrogens (primary N) is 1. The van der Waals surface area contributed by atoms with E-state index in [-0.39, 0.29) is 29.2 Å². The minimum Gasteiger partial charge on any atom is -0.387 e. The molecule has 3 aromatic carbocycles. The Bertz CT molecular complexity index is 1920. The summed E-state index contributed by atoms with van der Waals surface area (Å²) in [5.41, 5.74) is 9.46. The van der Waals surface area contributed by atoms with Crippen LogP contribution in [0.25, 0.3) is 11.2 Å². The summed E-state index contributed by atoms with van der Waals surface area (Å²) in [5, 5.41) is 29.5. The van der Waals surface area contributed by atoms with Crippen molar-refractivity contribution in [3.05, 3.63) is 120 Å². The van der Waals surface area contributed by atoms with Crippen LogP contribution in [0.15, 0.2) is 97.3 Å². The fourth-order valence-corrected chi connectivity index (χ4v) is 7.27. The number of hydrogen-bond donors (Lipinski definition) is 4. The van der Waals surface area contributed by atoms with E-state index in [1.54, 1.807) is 5.01 Å². The molecule has 5 aromatic rings. The van der Waals surface area contributed by atoms with Crippen LogP contribution in [0, 0.1) is 0 Å². The number of anilines is 1. The number of carbonyl (C=O) groups is 2. The number of aliphatic hydroxyl groups is 2. The van der Waals surface area contributed by atoms with Crippen molar-refractivity contribution in [2.45, 2.75) is 62.7 Å². The lowest BCUT2D eigenvalue weighted by Crippen LogP contribution is -2.54. The van der Waals surface area contributed by atoms with Gasteiger partial charge in [0, 0.05) is 31.6 Å². The van der Waals surface area contributed by atoms with Crippen LogP contribution in [-0.2, 0) is 16.0 Å². The summed E-state index contributed by atoms with van der Waals surface area (Å²) < 4.78 is 7.57. The summed E-state index contributed by atoms with van der Waals surface area (Å²) in [6.07, 6.45) is -1.60. The maximum atomic E-state index is 14.0. The van der Waals surface area contributed by atoms with E-state index >= 15 is 0 Å². The molecule has 2 fully saturated rings. The Hall–Kier alpha value is -5.21. The number of rotatable bonds is 12. The van der Waals surface area contributed by atoms with Gasteiger partial charge in [-0.15, -0.1) is 0 Å². The maximum absolute atomic E-state index is 14.0. The van der Waals surface area contributed by atoms with E-state index in [4.69, 9.17) is 10.5 Å². The van der Waals surface area contributed by atoms with Crippen LogP contribution < -0.4 is 11.1 Å². The van der Waals surface area contributed by atoms with Crippen LogP contribution in [0.1, 0.15) is 59.2 Å². The van der Waals surface area contributed by atoms with Crippen LogP contribution in [-0.4, -0.2) is 95.6 Å². The van der Waals surface area contributed by atoms with Gasteiger partial charge in [-0.1, -0.05) is 91.0 Å². The third-order valence-corrected chi connectivity index (χ3v) is 9.80. The number of likely N-dealkylation sites (N-methyl/N-ethyl adjacent to an activating group) is 1. The molecule has 51 heavy (non-hydrogen) atoms. The van der Waals surface area contributed by atoms with Gasteiger partial charge < -0.3 is 26.0 Å². The average molecular weight is 691 g/mol. The number of fused-ring (bicyclic) bond motifs is 1. The summed E-state index contributed by atoms with van der Waals surface area (Å²) in [5.74, 6) is -1.37. The molecule has 2 amide bonds. The molecule has 13 heteroatoms. The summed E-state index contributed by atoms with van der Waals surface area (Å²) >= 11 is 0. The number of primary amides is 1. The lowest BCUT2D eigenvalue weighted by molar-refractivity contribution is -0.167. The number of hydrogen-bond acceptors (Lipinski definition) is 10. The second kappa shape index (κ2) is 15.0. The Kier molecular flexibility index (Phi) is 10.0. The minimum absolute atomic E-state index is 0.0668. The number of benzene rings is 3. The predicted molar refractivity (Wildman–Crippen MR) is 190 cm³/mol. The van der Waals surface area contributed by atoms with E-state index in [1.807, 2.05) is 85.8 Å². The quantitative estimate of drug-likeness (QED) is 0.152. The molecule has 0 saturated carbocycles. The number of aliphatic hydroxyl groups excluding tert-OH is 2. The average Bonchev–Trinajstić information content (AvgIpc) is 3.87. The smallest absolute Gasteiger partial charge is 0.286 e. The molecular weight excluding hydrogens is 648 g/mol. The zero-order valence-corrected chi connectivity index (χ0v) is 28.3. The third-order valence-electron chi connectivity index (χ3n) is 9.80. The first-order valence-corrected chi connectivity index (χ1v) is 17.4. The molecule has 7 rings (SSSR count). The van der Waals surface area contributed by atoms with Gasteiger partial charge in [-0.2, -0.15) is 0 Å². The number of nitrogens with one attached hydrogen (secondary N) is 1. The molecule has 2 saturated heterocycles. The van der Waals surface area contributed by atoms with Gasteiger partial charge >= 0.3 is 0 Å². The minimum atomic E-state index is -1.53. The molecule has 4 heterocycles. The lowest BCUT2D eigenvalue weighted by Gasteiger charge is -2.37. The monoisotopic (exact) mass is 690 g/mol. The SMILES string of the molecule is CCN(C(=O)[C@H]1O[C@@H](n2cnc3c(NCC(c4ccccc4)c4ccccc4)nc(C(N)=O)nc32)[C@H](O)[C@@H]1O)N1CCC[C@H]1Cc1ccccc1. The molecular formula is C38H42N8O5. The van der Waals surface area contributed by atoms with Crippen LogP contribution in [0.2, 0.25) is 0 Å². The number of imidazole rings is 1. The largest absolute Gasteiger partial charge is 0.387 e. The molecule has 13 nitrogen and oxygen atoms in total. The van der Waals surface area contributed by atoms with Gasteiger partial charge in [-0.25, -0.2) is 20.0 Å². The maximum Gasteiger partial charge on any atom is 0.286 e. The fourth-order valence-electron chi connectivity index (χ4n) is 7.27. The van der Waals surface area contributed by atoms with Crippen LogP contribution in [0.5, 0.6) is 0 Å². The van der Waals surface area contributed by atoms with Gasteiger partial charge in [0.15, 0.2) is 29.3 Å². The Morgan fingerprint density at radius 1 is 0.961 bits per heavy atom. The van der Waals surface area contributed by atoms with E-state index < -0.39 is 36.4 Å². The van der Waals surface area contributed by atoms with Gasteiger partial charge in [0.25, 0.3) is 11.8 Å². The number of nitrogens with zero attached hydrogens (tertiary/aromatic N) is 6. The normalized spacial score (nSPS) is 22.1. The first-order valence-electron chi connectivity index (χ1n) is 17.4. The van der Waals surface area contributed by atoms with Gasteiger partial charge in [-0.3, -0.25) is 19.2 Å². The first-order chi connectivity index (χ1) is 24.8. The highest BCUT2D eigenvalue weighted by molar-refractivity contribution is 5.93. The van der Waals surface area contributed by atoms with Gasteiger partial charge in [0.1, 0.15) is 12.2 Å². The standard InChI is InChI=1S/C38H42N8O5/c1-2-45(46-20-12-19-27(46)21-24-13-6-3-7-14-24)37(50)32-30(47)31(48)38(51-32)44-23-41-29-34(42-35(33(39)49)43-36(29)44)40-22-28(25-15-8-4-9-16-25)26-17-10-5-11-18-26/h3-11,13-18,23,27-28,30-32,38,47-48H,2,12,19-22H2,1H3,(H2,39,49)(H,40,42,43)/t27-,30-,31+,32-,38+/m0/s1. The van der Waals surface area contributed by atoms with Crippen molar-refractivity contribution < 1.29 is 24.5 Å². The zero-order chi connectivity index (χ0) is 35.5. The fraction of sp³-hybridized carbons (Fsp3) is 0.342. The van der Waals surface area contributed by atoms with Crippen molar-refractivity contribution in [3.8, 4) is 0 Å². The Morgan fingerprint density at radius 3 is 2.24 bits per heavy atom. The van der Waals surface area contributed by atoms with E-state index in [9.17, 15) is 19.8 Å². The van der Waals surface area contributed by atoms with Crippen LogP contribution in [0.4, 0.5) is 5.82 Å². The van der Waals surface area contributed by atoms with E-state index in [2.05, 4.69) is 37.4 Å². The Labute approximate surface area is 295 Å². The number of hydrazine groups is 1. The molecule has 5 atom stereocenters. The summed E-state index contributed by atoms with van der Waals surface area (Å²) in [7, 11) is 0. The molecule has 0 unspecified atom stereocenters. The number of amides is 2. The summed E-state index contributed by atoms with van der Waals surface area (Å²) in [6.45, 7) is 3.34. The molecule has 264 valence electrons. The lowest BCUT2D eigenvalue weighted by atomic mass is 9.91. The molecule has 0 spiro atoms. The highest BCUT2D eigenvalue weighted by Gasteiger charge is 2.50. The van der Waals surface area contributed by atoms with Gasteiger partial charge in [0.2, 0.25) is 5.82 Å². The Balaban J connectivity index is 1.14. The van der Waals surface area contributed by atoms with E-state index in [0.717, 1.165) is 30.4 Å². The predicted octanol–water partition coefficient (Wildman–Crippen LogP) is 3.26. The third kappa shape index (κ3) is 6.93. The summed E-state index contributed by atoms with van der Waals surface area (Å²) in [4.78, 5) is 39.8. The highest BCUT2D eigenvalue weighted by atomic mass is 16.6. The number of carbonyl (C=O) groups excluding carboxylic acids is 2. The van der Waals surface area contributed by atoms with E-state index in [1.165, 1.54) is 16.5 Å². The second-order valence-electron chi connectivity index (χ2n) is 13.0. The number of ether oxygens (including phenoxy) is 1. The first kappa shape index (κ1) is 34.2. The molecule has 0 aliphatic carbocycles. The molecule has 2 aromatic heterocycles. The van der Waals surface area contributed by atoms with E-state index in [0.29, 0.717) is 25.2 Å². The molecule has 0 radical (unpaired) electrons. The highest BCUT2D eigenvalue weighted by Crippen LogP contribution is 2.35. The Morgan fingerprint density at radius 2 is 1.61 bits per heavy atom. The van der Waals surface area contributed by atoms with Crippen molar-refractivity contribution in [2.75, 3.05) is 25.0 Å². The van der Waals surface area contributed by atoms with Gasteiger partial charge in [-0.05, 0) is 42.9 Å². The van der Waals surface area contributed by atoms with Crippen molar-refractivity contribution in [1.29, 1.82) is 0 Å². The molecule has 5 N–H and O–H groups in total. The van der Waals surface area contributed by atoms with Crippen molar-refractivity contribution >= 4 is 28.8 Å². The summed E-state index contributed by atoms with van der Waals surface area (Å²) in [6, 6.07) is 30.3. The second-order valence-corrected chi connectivity index (χ2v) is 13.0. The van der Waals surface area contributed by atoms with Crippen molar-refractivity contribution in [1.82, 2.24) is 29.5 Å². The topological polar surface area (TPSA) is 172 Å². The molecule has 2 aliphatic rings.